The first-order chi connectivity index (χ1) is 12.5. The molecule has 0 radical (unpaired) electrons. The molecule has 26 heavy (non-hydrogen) atoms. The van der Waals surface area contributed by atoms with E-state index in [1.165, 1.54) is 4.90 Å². The van der Waals surface area contributed by atoms with Crippen molar-refractivity contribution >= 4 is 11.8 Å². The van der Waals surface area contributed by atoms with Crippen molar-refractivity contribution in [1.82, 2.24) is 4.90 Å². The van der Waals surface area contributed by atoms with Gasteiger partial charge in [-0.2, -0.15) is 0 Å². The van der Waals surface area contributed by atoms with Gasteiger partial charge in [-0.05, 0) is 43.0 Å². The number of carbonyl (C=O) groups excluding carboxylic acids is 2. The lowest BCUT2D eigenvalue weighted by atomic mass is 9.83. The first kappa shape index (κ1) is 16.9. The molecule has 4 rings (SSSR count). The Morgan fingerprint density at radius 3 is 2.19 bits per heavy atom. The normalized spacial score (nSPS) is 23.7. The number of nitrogens with zero attached hydrogens (tertiary/aromatic N) is 1. The van der Waals surface area contributed by atoms with E-state index in [1.807, 2.05) is 24.3 Å². The molecule has 3 atom stereocenters. The number of ether oxygens (including phenoxy) is 1. The first-order valence-corrected chi connectivity index (χ1v) is 8.80. The molecule has 1 N–H and O–H groups in total. The molecule has 2 aromatic carbocycles. The van der Waals surface area contributed by atoms with Crippen molar-refractivity contribution < 1.29 is 19.4 Å². The van der Waals surface area contributed by atoms with Gasteiger partial charge in [-0.25, -0.2) is 0 Å². The minimum absolute atomic E-state index is 0.376. The Kier molecular flexibility index (Phi) is 3.93. The summed E-state index contributed by atoms with van der Waals surface area (Å²) >= 11 is 0. The zero-order valence-electron chi connectivity index (χ0n) is 14.8. The maximum absolute atomic E-state index is 13.0. The smallest absolute Gasteiger partial charge is 0.262 e. The summed E-state index contributed by atoms with van der Waals surface area (Å²) in [7, 11) is 1.58. The van der Waals surface area contributed by atoms with Crippen molar-refractivity contribution in [3.63, 3.8) is 0 Å². The zero-order chi connectivity index (χ0) is 18.5. The minimum atomic E-state index is -0.941. The fourth-order valence-electron chi connectivity index (χ4n) is 4.52. The van der Waals surface area contributed by atoms with E-state index in [4.69, 9.17) is 4.74 Å². The van der Waals surface area contributed by atoms with E-state index in [9.17, 15) is 14.7 Å². The van der Waals surface area contributed by atoms with Gasteiger partial charge < -0.3 is 9.84 Å². The van der Waals surface area contributed by atoms with Crippen LogP contribution in [0.25, 0.3) is 0 Å². The fraction of sp³-hybridized carbons (Fsp3) is 0.333. The van der Waals surface area contributed by atoms with Crippen LogP contribution >= 0.6 is 0 Å². The standard InChI is InChI=1S/C21H21NO4/c1-13(23)18(21(26-2)12-11-14-7-3-6-10-17(14)21)22-19(24)15-8-4-5-9-16(15)20(22)25/h3-10,13,18,23H,11-12H2,1-2H3. The molecule has 0 fully saturated rings. The SMILES string of the molecule is COC1(C(C(C)O)N2C(=O)c3ccccc3C2=O)CCc2ccccc21. The molecular weight excluding hydrogens is 330 g/mol. The number of benzene rings is 2. The average Bonchev–Trinajstić information content (AvgIpc) is 3.15. The van der Waals surface area contributed by atoms with Crippen LogP contribution in [0, 0.1) is 0 Å². The molecule has 1 heterocycles. The molecule has 2 aliphatic rings. The van der Waals surface area contributed by atoms with Crippen LogP contribution in [0.15, 0.2) is 48.5 Å². The summed E-state index contributed by atoms with van der Waals surface area (Å²) < 4.78 is 5.95. The minimum Gasteiger partial charge on any atom is -0.391 e. The van der Waals surface area contributed by atoms with Crippen LogP contribution in [0.4, 0.5) is 0 Å². The molecule has 0 aromatic heterocycles. The lowest BCUT2D eigenvalue weighted by Gasteiger charge is -2.43. The van der Waals surface area contributed by atoms with Gasteiger partial charge in [0.15, 0.2) is 0 Å². The van der Waals surface area contributed by atoms with E-state index in [0.29, 0.717) is 17.5 Å². The van der Waals surface area contributed by atoms with Gasteiger partial charge in [0.1, 0.15) is 5.60 Å². The third-order valence-corrected chi connectivity index (χ3v) is 5.64. The number of hydrogen-bond acceptors (Lipinski definition) is 4. The van der Waals surface area contributed by atoms with Gasteiger partial charge in [0, 0.05) is 7.11 Å². The molecule has 5 heteroatoms. The number of methoxy groups -OCH3 is 1. The number of aryl methyl sites for hydroxylation is 1. The van der Waals surface area contributed by atoms with E-state index in [1.54, 1.807) is 38.3 Å². The predicted molar refractivity (Wildman–Crippen MR) is 95.9 cm³/mol. The first-order valence-electron chi connectivity index (χ1n) is 8.80. The van der Waals surface area contributed by atoms with Crippen molar-refractivity contribution in [1.29, 1.82) is 0 Å². The number of carbonyl (C=O) groups is 2. The molecule has 1 aliphatic carbocycles. The highest BCUT2D eigenvalue weighted by Crippen LogP contribution is 2.46. The van der Waals surface area contributed by atoms with Crippen LogP contribution in [0.5, 0.6) is 0 Å². The topological polar surface area (TPSA) is 66.8 Å². The number of aliphatic hydroxyl groups is 1. The largest absolute Gasteiger partial charge is 0.391 e. The number of hydrogen-bond donors (Lipinski definition) is 1. The predicted octanol–water partition coefficient (Wildman–Crippen LogP) is 2.52. The Morgan fingerprint density at radius 2 is 1.62 bits per heavy atom. The maximum Gasteiger partial charge on any atom is 0.262 e. The summed E-state index contributed by atoms with van der Waals surface area (Å²) in [6.45, 7) is 1.61. The second-order valence-electron chi connectivity index (χ2n) is 6.96. The number of rotatable bonds is 4. The molecule has 5 nitrogen and oxygen atoms in total. The van der Waals surface area contributed by atoms with Crippen molar-refractivity contribution in [2.24, 2.45) is 0 Å². The van der Waals surface area contributed by atoms with Gasteiger partial charge >= 0.3 is 0 Å². The van der Waals surface area contributed by atoms with Crippen LogP contribution in [0.1, 0.15) is 45.2 Å². The molecule has 1 aliphatic heterocycles. The molecule has 0 saturated heterocycles. The van der Waals surface area contributed by atoms with Gasteiger partial charge in [-0.3, -0.25) is 14.5 Å². The van der Waals surface area contributed by atoms with Crippen molar-refractivity contribution in [2.75, 3.05) is 7.11 Å². The van der Waals surface area contributed by atoms with Gasteiger partial charge in [-0.1, -0.05) is 36.4 Å². The Morgan fingerprint density at radius 1 is 1.04 bits per heavy atom. The number of imide groups is 1. The molecule has 0 spiro atoms. The third kappa shape index (κ3) is 2.17. The van der Waals surface area contributed by atoms with Crippen LogP contribution in [0.2, 0.25) is 0 Å². The Bertz CT molecular complexity index is 856. The molecule has 2 aromatic rings. The fourth-order valence-corrected chi connectivity index (χ4v) is 4.52. The number of amides is 2. The highest BCUT2D eigenvalue weighted by atomic mass is 16.5. The Labute approximate surface area is 152 Å². The van der Waals surface area contributed by atoms with Crippen molar-refractivity contribution in [2.45, 2.75) is 37.5 Å². The molecule has 134 valence electrons. The van der Waals surface area contributed by atoms with E-state index in [-0.39, 0.29) is 11.8 Å². The van der Waals surface area contributed by atoms with Crippen LogP contribution in [-0.4, -0.2) is 41.1 Å². The van der Waals surface area contributed by atoms with Gasteiger partial charge in [0.2, 0.25) is 0 Å². The van der Waals surface area contributed by atoms with E-state index in [2.05, 4.69) is 0 Å². The van der Waals surface area contributed by atoms with Gasteiger partial charge in [0.05, 0.1) is 23.3 Å². The van der Waals surface area contributed by atoms with E-state index >= 15 is 0 Å². The monoisotopic (exact) mass is 351 g/mol. The summed E-state index contributed by atoms with van der Waals surface area (Å²) in [6, 6.07) is 13.8. The Hall–Kier alpha value is -2.50. The summed E-state index contributed by atoms with van der Waals surface area (Å²) in [5.74, 6) is -0.755. The van der Waals surface area contributed by atoms with Crippen LogP contribution in [-0.2, 0) is 16.8 Å². The van der Waals surface area contributed by atoms with E-state index < -0.39 is 17.7 Å². The van der Waals surface area contributed by atoms with Gasteiger partial charge in [-0.15, -0.1) is 0 Å². The summed E-state index contributed by atoms with van der Waals surface area (Å²) in [6.07, 6.45) is 0.436. The maximum atomic E-state index is 13.0. The van der Waals surface area contributed by atoms with Crippen LogP contribution < -0.4 is 0 Å². The second-order valence-corrected chi connectivity index (χ2v) is 6.96. The van der Waals surface area contributed by atoms with Crippen LogP contribution in [0.3, 0.4) is 0 Å². The zero-order valence-corrected chi connectivity index (χ0v) is 14.8. The molecule has 3 unspecified atom stereocenters. The summed E-state index contributed by atoms with van der Waals surface area (Å²) in [4.78, 5) is 27.2. The lowest BCUT2D eigenvalue weighted by Crippen LogP contribution is -2.58. The van der Waals surface area contributed by atoms with Crippen molar-refractivity contribution in [3.8, 4) is 0 Å². The summed E-state index contributed by atoms with van der Waals surface area (Å²) in [5, 5.41) is 10.6. The second kappa shape index (κ2) is 6.04. The number of fused-ring (bicyclic) bond motifs is 2. The van der Waals surface area contributed by atoms with Gasteiger partial charge in [0.25, 0.3) is 11.8 Å². The summed E-state index contributed by atoms with van der Waals surface area (Å²) in [5.41, 5.74) is 1.89. The molecule has 2 amide bonds. The highest BCUT2D eigenvalue weighted by Gasteiger charge is 2.55. The Balaban J connectivity index is 1.86. The molecule has 0 saturated carbocycles. The average molecular weight is 351 g/mol. The molecular formula is C21H21NO4. The number of aliphatic hydroxyl groups excluding tert-OH is 1. The molecule has 0 bridgehead atoms. The van der Waals surface area contributed by atoms with E-state index in [0.717, 1.165) is 17.5 Å². The van der Waals surface area contributed by atoms with Crippen molar-refractivity contribution in [3.05, 3.63) is 70.8 Å². The highest BCUT2D eigenvalue weighted by molar-refractivity contribution is 6.21. The quantitative estimate of drug-likeness (QED) is 0.860. The lowest BCUT2D eigenvalue weighted by molar-refractivity contribution is -0.101. The third-order valence-electron chi connectivity index (χ3n) is 5.64.